The van der Waals surface area contributed by atoms with Gasteiger partial charge in [0, 0.05) is 13.1 Å². The highest BCUT2D eigenvalue weighted by atomic mass is 32.2. The summed E-state index contributed by atoms with van der Waals surface area (Å²) in [6, 6.07) is 11.5. The molecule has 0 saturated heterocycles. The number of rotatable bonds is 5. The minimum Gasteiger partial charge on any atom is -0.372 e. The minimum absolute atomic E-state index is 0.0465. The molecule has 8 heteroatoms. The number of fused-ring (bicyclic) bond motifs is 1. The largest absolute Gasteiger partial charge is 0.422 e. The first-order chi connectivity index (χ1) is 12.3. The number of hydrogen-bond acceptors (Lipinski definition) is 5. The molecule has 0 aliphatic carbocycles. The van der Waals surface area contributed by atoms with Gasteiger partial charge in [0.1, 0.15) is 0 Å². The van der Waals surface area contributed by atoms with Gasteiger partial charge in [-0.3, -0.25) is 4.57 Å². The standard InChI is InChI=1S/C18H18N2O5S/c1-3-20-16-9-8-14(10-15(16)17(21)25-18(20)22)26(23,24)19-11-13-7-5-4-6-12(13)2/h4-10,19H,3,11H2,1-2H3. The van der Waals surface area contributed by atoms with Crippen molar-refractivity contribution >= 4 is 20.9 Å². The Morgan fingerprint density at radius 2 is 1.85 bits per heavy atom. The predicted molar refractivity (Wildman–Crippen MR) is 97.6 cm³/mol. The summed E-state index contributed by atoms with van der Waals surface area (Å²) >= 11 is 0. The Balaban J connectivity index is 2.00. The Kier molecular flexibility index (Phi) is 4.80. The van der Waals surface area contributed by atoms with Crippen molar-refractivity contribution in [3.63, 3.8) is 0 Å². The van der Waals surface area contributed by atoms with Gasteiger partial charge in [0.15, 0.2) is 0 Å². The molecular formula is C18H18N2O5S. The molecule has 1 N–H and O–H groups in total. The second-order valence-corrected chi connectivity index (χ2v) is 7.60. The van der Waals surface area contributed by atoms with Crippen LogP contribution in [-0.4, -0.2) is 13.0 Å². The van der Waals surface area contributed by atoms with E-state index in [-0.39, 0.29) is 16.8 Å². The van der Waals surface area contributed by atoms with Gasteiger partial charge >= 0.3 is 11.4 Å². The van der Waals surface area contributed by atoms with Crippen LogP contribution >= 0.6 is 0 Å². The van der Waals surface area contributed by atoms with Crippen LogP contribution in [0.15, 0.2) is 61.4 Å². The van der Waals surface area contributed by atoms with Gasteiger partial charge in [-0.15, -0.1) is 0 Å². The summed E-state index contributed by atoms with van der Waals surface area (Å²) in [7, 11) is -3.83. The SMILES string of the molecule is CCn1c(=O)oc(=O)c2cc(S(=O)(=O)NCc3ccccc3C)ccc21. The van der Waals surface area contributed by atoms with Gasteiger partial charge in [0.05, 0.1) is 15.8 Å². The summed E-state index contributed by atoms with van der Waals surface area (Å²) in [4.78, 5) is 23.6. The van der Waals surface area contributed by atoms with Gasteiger partial charge in [0.2, 0.25) is 10.0 Å². The van der Waals surface area contributed by atoms with Crippen LogP contribution in [0.1, 0.15) is 18.1 Å². The molecule has 3 aromatic rings. The lowest BCUT2D eigenvalue weighted by Gasteiger charge is -2.10. The summed E-state index contributed by atoms with van der Waals surface area (Å²) in [5.41, 5.74) is 1.31. The zero-order chi connectivity index (χ0) is 18.9. The minimum atomic E-state index is -3.83. The van der Waals surface area contributed by atoms with Crippen LogP contribution in [0.2, 0.25) is 0 Å². The molecule has 2 aromatic carbocycles. The Labute approximate surface area is 149 Å². The molecule has 0 atom stereocenters. The van der Waals surface area contributed by atoms with Crippen molar-refractivity contribution in [2.45, 2.75) is 31.8 Å². The highest BCUT2D eigenvalue weighted by Gasteiger charge is 2.17. The van der Waals surface area contributed by atoms with Gasteiger partial charge in [-0.2, -0.15) is 0 Å². The van der Waals surface area contributed by atoms with E-state index < -0.39 is 21.4 Å². The fourth-order valence-electron chi connectivity index (χ4n) is 2.73. The molecule has 7 nitrogen and oxygen atoms in total. The molecule has 1 heterocycles. The van der Waals surface area contributed by atoms with E-state index in [1.165, 1.54) is 22.8 Å². The molecule has 26 heavy (non-hydrogen) atoms. The zero-order valence-corrected chi connectivity index (χ0v) is 15.2. The predicted octanol–water partition coefficient (Wildman–Crippen LogP) is 1.76. The lowest BCUT2D eigenvalue weighted by Crippen LogP contribution is -2.26. The fourth-order valence-corrected chi connectivity index (χ4v) is 3.77. The van der Waals surface area contributed by atoms with Crippen molar-refractivity contribution in [1.82, 2.24) is 9.29 Å². The lowest BCUT2D eigenvalue weighted by molar-refractivity contribution is 0.421. The van der Waals surface area contributed by atoms with Crippen LogP contribution in [0.3, 0.4) is 0 Å². The molecule has 136 valence electrons. The van der Waals surface area contributed by atoms with Gasteiger partial charge in [-0.1, -0.05) is 24.3 Å². The lowest BCUT2D eigenvalue weighted by atomic mass is 10.1. The Morgan fingerprint density at radius 3 is 2.54 bits per heavy atom. The number of hydrogen-bond donors (Lipinski definition) is 1. The molecule has 0 fully saturated rings. The average Bonchev–Trinajstić information content (AvgIpc) is 2.61. The number of benzene rings is 2. The van der Waals surface area contributed by atoms with Crippen LogP contribution in [0, 0.1) is 6.92 Å². The molecule has 0 aliphatic heterocycles. The van der Waals surface area contributed by atoms with E-state index in [0.717, 1.165) is 11.1 Å². The average molecular weight is 374 g/mol. The van der Waals surface area contributed by atoms with E-state index >= 15 is 0 Å². The maximum Gasteiger partial charge on any atom is 0.422 e. The van der Waals surface area contributed by atoms with Crippen molar-refractivity contribution in [2.75, 3.05) is 0 Å². The topological polar surface area (TPSA) is 98.4 Å². The Bertz CT molecular complexity index is 1190. The molecule has 0 radical (unpaired) electrons. The third-order valence-corrected chi connectivity index (χ3v) is 5.62. The number of nitrogens with one attached hydrogen (secondary N) is 1. The first-order valence-corrected chi connectivity index (χ1v) is 9.53. The Hall–Kier alpha value is -2.71. The number of sulfonamides is 1. The van der Waals surface area contributed by atoms with Crippen molar-refractivity contribution < 1.29 is 12.8 Å². The highest BCUT2D eigenvalue weighted by Crippen LogP contribution is 2.16. The Morgan fingerprint density at radius 1 is 1.12 bits per heavy atom. The summed E-state index contributed by atoms with van der Waals surface area (Å²) in [6.45, 7) is 4.07. The van der Waals surface area contributed by atoms with E-state index in [4.69, 9.17) is 0 Å². The smallest absolute Gasteiger partial charge is 0.372 e. The molecule has 0 saturated carbocycles. The van der Waals surface area contributed by atoms with Crippen LogP contribution in [0.25, 0.3) is 10.9 Å². The monoisotopic (exact) mass is 374 g/mol. The molecule has 3 rings (SSSR count). The number of aryl methyl sites for hydroxylation is 2. The molecular weight excluding hydrogens is 356 g/mol. The molecule has 0 aliphatic rings. The molecule has 1 aromatic heterocycles. The summed E-state index contributed by atoms with van der Waals surface area (Å²) < 4.78 is 33.6. The normalized spacial score (nSPS) is 11.8. The second-order valence-electron chi connectivity index (χ2n) is 5.83. The van der Waals surface area contributed by atoms with E-state index in [1.807, 2.05) is 31.2 Å². The van der Waals surface area contributed by atoms with Crippen molar-refractivity contribution in [1.29, 1.82) is 0 Å². The van der Waals surface area contributed by atoms with Gasteiger partial charge < -0.3 is 4.42 Å². The van der Waals surface area contributed by atoms with Crippen LogP contribution in [-0.2, 0) is 23.1 Å². The number of aromatic nitrogens is 1. The third kappa shape index (κ3) is 3.33. The van der Waals surface area contributed by atoms with Crippen LogP contribution < -0.4 is 16.1 Å². The van der Waals surface area contributed by atoms with Crippen molar-refractivity contribution in [2.24, 2.45) is 0 Å². The molecule has 0 bridgehead atoms. The van der Waals surface area contributed by atoms with Crippen LogP contribution in [0.4, 0.5) is 0 Å². The first kappa shape index (κ1) is 18.1. The van der Waals surface area contributed by atoms with Crippen molar-refractivity contribution in [3.8, 4) is 0 Å². The quantitative estimate of drug-likeness (QED) is 0.734. The van der Waals surface area contributed by atoms with E-state index in [2.05, 4.69) is 9.14 Å². The highest BCUT2D eigenvalue weighted by molar-refractivity contribution is 7.89. The maximum atomic E-state index is 12.6. The first-order valence-electron chi connectivity index (χ1n) is 8.05. The molecule has 0 amide bonds. The van der Waals surface area contributed by atoms with Gasteiger partial charge in [0.25, 0.3) is 0 Å². The second kappa shape index (κ2) is 6.89. The fraction of sp³-hybridized carbons (Fsp3) is 0.222. The van der Waals surface area contributed by atoms with E-state index in [9.17, 15) is 18.0 Å². The third-order valence-electron chi connectivity index (χ3n) is 4.22. The summed E-state index contributed by atoms with van der Waals surface area (Å²) in [6.07, 6.45) is 0. The number of nitrogens with zero attached hydrogens (tertiary/aromatic N) is 1. The van der Waals surface area contributed by atoms with Crippen molar-refractivity contribution in [3.05, 3.63) is 74.6 Å². The maximum absolute atomic E-state index is 12.6. The van der Waals surface area contributed by atoms with E-state index in [1.54, 1.807) is 6.92 Å². The van der Waals surface area contributed by atoms with Gasteiger partial charge in [-0.25, -0.2) is 22.7 Å². The summed E-state index contributed by atoms with van der Waals surface area (Å²) in [5.74, 6) is -0.765. The molecule has 0 unspecified atom stereocenters. The zero-order valence-electron chi connectivity index (χ0n) is 14.4. The molecule has 0 spiro atoms. The summed E-state index contributed by atoms with van der Waals surface area (Å²) in [5, 5.41) is 0.0465. The van der Waals surface area contributed by atoms with Gasteiger partial charge in [-0.05, 0) is 43.2 Å². The van der Waals surface area contributed by atoms with Crippen LogP contribution in [0.5, 0.6) is 0 Å². The van der Waals surface area contributed by atoms with E-state index in [0.29, 0.717) is 12.1 Å².